The first-order valence-electron chi connectivity index (χ1n) is 5.80. The Labute approximate surface area is 121 Å². The number of anilines is 2. The lowest BCUT2D eigenvalue weighted by molar-refractivity contribution is 0.0697. The highest BCUT2D eigenvalue weighted by Gasteiger charge is 2.17. The van der Waals surface area contributed by atoms with Gasteiger partial charge in [-0.05, 0) is 36.4 Å². The van der Waals surface area contributed by atoms with Gasteiger partial charge < -0.3 is 10.0 Å². The van der Waals surface area contributed by atoms with Gasteiger partial charge in [0.1, 0.15) is 0 Å². The maximum absolute atomic E-state index is 11.3. The first-order valence-corrected chi connectivity index (χ1v) is 6.18. The molecule has 0 saturated heterocycles. The smallest absolute Gasteiger partial charge is 0.337 e. The number of nitrogens with zero attached hydrogens (tertiary/aromatic N) is 2. The van der Waals surface area contributed by atoms with E-state index in [1.807, 2.05) is 6.07 Å². The van der Waals surface area contributed by atoms with Crippen LogP contribution >= 0.6 is 11.6 Å². The minimum absolute atomic E-state index is 0.129. The molecule has 4 nitrogen and oxygen atoms in total. The Balaban J connectivity index is 2.50. The summed E-state index contributed by atoms with van der Waals surface area (Å²) >= 11 is 6.12. The lowest BCUT2D eigenvalue weighted by atomic mass is 10.1. The molecule has 2 rings (SSSR count). The third kappa shape index (κ3) is 2.58. The molecular formula is C15H11ClN2O2. The summed E-state index contributed by atoms with van der Waals surface area (Å²) in [7, 11) is 1.73. The van der Waals surface area contributed by atoms with Crippen LogP contribution in [0.2, 0.25) is 5.02 Å². The Kier molecular flexibility index (Phi) is 3.92. The molecule has 0 heterocycles. The molecule has 0 amide bonds. The van der Waals surface area contributed by atoms with Crippen LogP contribution in [0.4, 0.5) is 11.4 Å². The lowest BCUT2D eigenvalue weighted by Gasteiger charge is -2.22. The van der Waals surface area contributed by atoms with Crippen molar-refractivity contribution >= 4 is 28.9 Å². The van der Waals surface area contributed by atoms with Gasteiger partial charge in [-0.3, -0.25) is 0 Å². The highest BCUT2D eigenvalue weighted by Crippen LogP contribution is 2.34. The molecule has 0 aliphatic rings. The van der Waals surface area contributed by atoms with E-state index in [2.05, 4.69) is 0 Å². The van der Waals surface area contributed by atoms with E-state index in [0.29, 0.717) is 16.3 Å². The molecule has 0 bridgehead atoms. The average Bonchev–Trinajstić information content (AvgIpc) is 2.46. The molecule has 20 heavy (non-hydrogen) atoms. The third-order valence-corrected chi connectivity index (χ3v) is 3.24. The zero-order valence-electron chi connectivity index (χ0n) is 10.7. The Hall–Kier alpha value is -2.51. The molecular weight excluding hydrogens is 276 g/mol. The quantitative estimate of drug-likeness (QED) is 0.935. The Morgan fingerprint density at radius 1 is 1.25 bits per heavy atom. The molecule has 0 aliphatic heterocycles. The molecule has 1 N–H and O–H groups in total. The molecule has 0 spiro atoms. The van der Waals surface area contributed by atoms with E-state index in [4.69, 9.17) is 16.9 Å². The van der Waals surface area contributed by atoms with Gasteiger partial charge in [0.05, 0.1) is 27.9 Å². The van der Waals surface area contributed by atoms with Gasteiger partial charge in [0.15, 0.2) is 0 Å². The van der Waals surface area contributed by atoms with Crippen LogP contribution < -0.4 is 4.90 Å². The van der Waals surface area contributed by atoms with E-state index in [1.54, 1.807) is 48.3 Å². The zero-order valence-corrected chi connectivity index (χ0v) is 11.4. The largest absolute Gasteiger partial charge is 0.478 e. The first-order chi connectivity index (χ1) is 9.54. The molecule has 5 heteroatoms. The average molecular weight is 287 g/mol. The molecule has 0 unspecified atom stereocenters. The Morgan fingerprint density at radius 2 is 1.90 bits per heavy atom. The van der Waals surface area contributed by atoms with Gasteiger partial charge in [-0.25, -0.2) is 4.79 Å². The van der Waals surface area contributed by atoms with E-state index < -0.39 is 5.97 Å². The fourth-order valence-corrected chi connectivity index (χ4v) is 2.22. The highest BCUT2D eigenvalue weighted by molar-refractivity contribution is 6.34. The van der Waals surface area contributed by atoms with Crippen LogP contribution in [-0.4, -0.2) is 18.1 Å². The van der Waals surface area contributed by atoms with Gasteiger partial charge in [0, 0.05) is 12.7 Å². The monoisotopic (exact) mass is 286 g/mol. The van der Waals surface area contributed by atoms with Crippen molar-refractivity contribution < 1.29 is 9.90 Å². The van der Waals surface area contributed by atoms with Gasteiger partial charge in [-0.1, -0.05) is 17.7 Å². The topological polar surface area (TPSA) is 64.3 Å². The van der Waals surface area contributed by atoms with Crippen LogP contribution in [-0.2, 0) is 0 Å². The summed E-state index contributed by atoms with van der Waals surface area (Å²) in [4.78, 5) is 13.0. The predicted octanol–water partition coefficient (Wildman–Crippen LogP) is 3.68. The van der Waals surface area contributed by atoms with Crippen molar-refractivity contribution in [1.82, 2.24) is 0 Å². The standard InChI is InChI=1S/C15H11ClN2O2/c1-18(11-7-5-10(9-17)6-8-11)14-12(15(19)20)3-2-4-13(14)16/h2-8H,1H3,(H,19,20). The minimum atomic E-state index is -1.04. The number of hydrogen-bond acceptors (Lipinski definition) is 3. The number of aromatic carboxylic acids is 1. The van der Waals surface area contributed by atoms with Gasteiger partial charge in [0.25, 0.3) is 0 Å². The second-order valence-electron chi connectivity index (χ2n) is 4.16. The molecule has 2 aromatic carbocycles. The van der Waals surface area contributed by atoms with Gasteiger partial charge >= 0.3 is 5.97 Å². The van der Waals surface area contributed by atoms with Gasteiger partial charge in [0.2, 0.25) is 0 Å². The molecule has 0 radical (unpaired) electrons. The second-order valence-corrected chi connectivity index (χ2v) is 4.57. The number of carboxylic acids is 1. The Bertz CT molecular complexity index is 690. The van der Waals surface area contributed by atoms with Crippen LogP contribution in [0.1, 0.15) is 15.9 Å². The maximum atomic E-state index is 11.3. The van der Waals surface area contributed by atoms with E-state index >= 15 is 0 Å². The molecule has 0 aliphatic carbocycles. The van der Waals surface area contributed by atoms with E-state index in [9.17, 15) is 9.90 Å². The summed E-state index contributed by atoms with van der Waals surface area (Å²) in [5, 5.41) is 18.4. The SMILES string of the molecule is CN(c1ccc(C#N)cc1)c1c(Cl)cccc1C(=O)O. The number of nitriles is 1. The van der Waals surface area contributed by atoms with Crippen LogP contribution in [0.25, 0.3) is 0 Å². The van der Waals surface area contributed by atoms with E-state index in [1.165, 1.54) is 6.07 Å². The number of halogens is 1. The summed E-state index contributed by atoms with van der Waals surface area (Å²) in [6.45, 7) is 0. The molecule has 0 saturated carbocycles. The summed E-state index contributed by atoms with van der Waals surface area (Å²) in [6.07, 6.45) is 0. The highest BCUT2D eigenvalue weighted by atomic mass is 35.5. The number of para-hydroxylation sites is 1. The van der Waals surface area contributed by atoms with Crippen molar-refractivity contribution in [2.75, 3.05) is 11.9 Å². The fourth-order valence-electron chi connectivity index (χ4n) is 1.92. The minimum Gasteiger partial charge on any atom is -0.478 e. The summed E-state index contributed by atoms with van der Waals surface area (Å²) in [6, 6.07) is 13.6. The van der Waals surface area contributed by atoms with Crippen molar-refractivity contribution in [1.29, 1.82) is 5.26 Å². The number of rotatable bonds is 3. The van der Waals surface area contributed by atoms with Gasteiger partial charge in [-0.15, -0.1) is 0 Å². The molecule has 2 aromatic rings. The third-order valence-electron chi connectivity index (χ3n) is 2.94. The Morgan fingerprint density at radius 3 is 2.45 bits per heavy atom. The van der Waals surface area contributed by atoms with Crippen molar-refractivity contribution in [2.45, 2.75) is 0 Å². The predicted molar refractivity (Wildman–Crippen MR) is 77.6 cm³/mol. The van der Waals surface area contributed by atoms with E-state index in [-0.39, 0.29) is 5.56 Å². The lowest BCUT2D eigenvalue weighted by Crippen LogP contribution is -2.14. The summed E-state index contributed by atoms with van der Waals surface area (Å²) in [5.74, 6) is -1.04. The molecule has 0 fully saturated rings. The zero-order chi connectivity index (χ0) is 14.7. The first kappa shape index (κ1) is 13.9. The second kappa shape index (κ2) is 5.64. The van der Waals surface area contributed by atoms with Crippen LogP contribution in [0, 0.1) is 11.3 Å². The van der Waals surface area contributed by atoms with Crippen molar-refractivity contribution in [3.8, 4) is 6.07 Å². The van der Waals surface area contributed by atoms with Crippen LogP contribution in [0.5, 0.6) is 0 Å². The number of carboxylic acid groups (broad SMARTS) is 1. The summed E-state index contributed by atoms with van der Waals surface area (Å²) in [5.41, 5.74) is 1.84. The number of benzene rings is 2. The normalized spacial score (nSPS) is 9.85. The fraction of sp³-hybridized carbons (Fsp3) is 0.0667. The summed E-state index contributed by atoms with van der Waals surface area (Å²) < 4.78 is 0. The molecule has 0 atom stereocenters. The number of hydrogen-bond donors (Lipinski definition) is 1. The van der Waals surface area contributed by atoms with Crippen molar-refractivity contribution in [3.05, 3.63) is 58.6 Å². The maximum Gasteiger partial charge on any atom is 0.337 e. The molecule has 100 valence electrons. The van der Waals surface area contributed by atoms with Gasteiger partial charge in [-0.2, -0.15) is 5.26 Å². The van der Waals surface area contributed by atoms with E-state index in [0.717, 1.165) is 5.69 Å². The van der Waals surface area contributed by atoms with Crippen LogP contribution in [0.15, 0.2) is 42.5 Å². The number of carbonyl (C=O) groups is 1. The van der Waals surface area contributed by atoms with Crippen LogP contribution in [0.3, 0.4) is 0 Å². The molecule has 0 aromatic heterocycles. The van der Waals surface area contributed by atoms with Crippen molar-refractivity contribution in [2.24, 2.45) is 0 Å². The van der Waals surface area contributed by atoms with Crippen molar-refractivity contribution in [3.63, 3.8) is 0 Å².